The Labute approximate surface area is 196 Å². The van der Waals surface area contributed by atoms with Gasteiger partial charge in [-0.05, 0) is 36.1 Å². The van der Waals surface area contributed by atoms with Crippen molar-refractivity contribution in [3.05, 3.63) is 68.8 Å². The fraction of sp³-hybridized carbons (Fsp3) is 0.400. The lowest BCUT2D eigenvalue weighted by molar-refractivity contribution is -0.132. The first-order chi connectivity index (χ1) is 15.9. The van der Waals surface area contributed by atoms with Crippen LogP contribution in [0.25, 0.3) is 15.9 Å². The molecule has 1 aromatic carbocycles. The number of carbonyl (C=O) groups is 1. The van der Waals surface area contributed by atoms with Gasteiger partial charge in [0.2, 0.25) is 5.91 Å². The molecular formula is C25H28N4O3S. The average Bonchev–Trinajstić information content (AvgIpc) is 3.40. The van der Waals surface area contributed by atoms with E-state index in [9.17, 15) is 9.59 Å². The Balaban J connectivity index is 1.22. The van der Waals surface area contributed by atoms with Crippen molar-refractivity contribution >= 4 is 33.2 Å². The highest BCUT2D eigenvalue weighted by atomic mass is 32.1. The van der Waals surface area contributed by atoms with E-state index in [2.05, 4.69) is 42.8 Å². The molecule has 0 saturated carbocycles. The Kier molecular flexibility index (Phi) is 5.80. The van der Waals surface area contributed by atoms with Crippen LogP contribution in [0.4, 0.5) is 0 Å². The minimum atomic E-state index is -0.0479. The molecule has 0 bridgehead atoms. The summed E-state index contributed by atoms with van der Waals surface area (Å²) >= 11 is 1.46. The molecule has 1 fully saturated rings. The first kappa shape index (κ1) is 21.9. The van der Waals surface area contributed by atoms with E-state index in [-0.39, 0.29) is 11.5 Å². The Morgan fingerprint density at radius 2 is 1.97 bits per heavy atom. The maximum Gasteiger partial charge on any atom is 0.258 e. The molecule has 33 heavy (non-hydrogen) atoms. The summed E-state index contributed by atoms with van der Waals surface area (Å²) in [7, 11) is 0. The molecule has 7 nitrogen and oxygen atoms in total. The lowest BCUT2D eigenvalue weighted by Gasteiger charge is -2.34. The molecule has 0 radical (unpaired) electrons. The van der Waals surface area contributed by atoms with Gasteiger partial charge in [0.15, 0.2) is 4.96 Å². The zero-order valence-corrected chi connectivity index (χ0v) is 20.0. The number of fused-ring (bicyclic) bond motifs is 2. The summed E-state index contributed by atoms with van der Waals surface area (Å²) < 4.78 is 7.32. The van der Waals surface area contributed by atoms with Crippen molar-refractivity contribution in [1.82, 2.24) is 19.2 Å². The summed E-state index contributed by atoms with van der Waals surface area (Å²) in [4.78, 5) is 34.7. The van der Waals surface area contributed by atoms with Crippen molar-refractivity contribution in [2.45, 2.75) is 39.7 Å². The number of aromatic nitrogens is 2. The van der Waals surface area contributed by atoms with Crippen LogP contribution in [0.15, 0.2) is 45.3 Å². The zero-order valence-electron chi connectivity index (χ0n) is 19.2. The van der Waals surface area contributed by atoms with E-state index in [1.54, 1.807) is 22.9 Å². The molecule has 1 saturated heterocycles. The Hall–Kier alpha value is -2.97. The Bertz CT molecular complexity index is 1380. The van der Waals surface area contributed by atoms with Crippen molar-refractivity contribution in [3.63, 3.8) is 0 Å². The second-order valence-corrected chi connectivity index (χ2v) is 9.97. The SMILES string of the molecule is Cc1cc2occ(CC(=O)N3CCN(Cc4cc(=O)n5ccsc5n4)CC3)c2cc1C(C)C. The smallest absolute Gasteiger partial charge is 0.258 e. The molecule has 172 valence electrons. The number of aryl methyl sites for hydroxylation is 1. The van der Waals surface area contributed by atoms with Gasteiger partial charge < -0.3 is 9.32 Å². The molecule has 0 atom stereocenters. The molecule has 1 amide bonds. The van der Waals surface area contributed by atoms with Gasteiger partial charge in [0.05, 0.1) is 18.4 Å². The summed E-state index contributed by atoms with van der Waals surface area (Å²) in [5.74, 6) is 0.549. The Morgan fingerprint density at radius 3 is 2.73 bits per heavy atom. The number of hydrogen-bond acceptors (Lipinski definition) is 6. The van der Waals surface area contributed by atoms with Gasteiger partial charge >= 0.3 is 0 Å². The molecule has 5 rings (SSSR count). The number of benzene rings is 1. The fourth-order valence-electron chi connectivity index (χ4n) is 4.63. The summed E-state index contributed by atoms with van der Waals surface area (Å²) in [6, 6.07) is 5.86. The maximum absolute atomic E-state index is 13.0. The molecule has 4 heterocycles. The predicted molar refractivity (Wildman–Crippen MR) is 130 cm³/mol. The van der Waals surface area contributed by atoms with Crippen molar-refractivity contribution in [2.24, 2.45) is 0 Å². The van der Waals surface area contributed by atoms with Crippen molar-refractivity contribution in [2.75, 3.05) is 26.2 Å². The summed E-state index contributed by atoms with van der Waals surface area (Å²) in [5, 5.41) is 2.91. The highest BCUT2D eigenvalue weighted by Gasteiger charge is 2.23. The summed E-state index contributed by atoms with van der Waals surface area (Å²) in [6.45, 7) is 9.96. The molecule has 0 spiro atoms. The van der Waals surface area contributed by atoms with Crippen LogP contribution >= 0.6 is 11.3 Å². The largest absolute Gasteiger partial charge is 0.464 e. The van der Waals surface area contributed by atoms with Crippen LogP contribution in [0.2, 0.25) is 0 Å². The number of hydrogen-bond donors (Lipinski definition) is 0. The second kappa shape index (κ2) is 8.76. The van der Waals surface area contributed by atoms with Crippen LogP contribution in [-0.2, 0) is 17.8 Å². The van der Waals surface area contributed by atoms with Gasteiger partial charge in [-0.1, -0.05) is 13.8 Å². The summed E-state index contributed by atoms with van der Waals surface area (Å²) in [5.41, 5.74) is 5.04. The molecule has 0 unspecified atom stereocenters. The standard InChI is InChI=1S/C25H28N4O3S/c1-16(2)20-13-21-18(15-32-22(21)10-17(20)3)11-23(30)28-6-4-27(5-7-28)14-19-12-24(31)29-8-9-33-25(29)26-19/h8-10,12-13,15-16H,4-7,11,14H2,1-3H3. The number of rotatable bonds is 5. The van der Waals surface area contributed by atoms with Gasteiger partial charge in [-0.25, -0.2) is 4.98 Å². The Morgan fingerprint density at radius 1 is 1.18 bits per heavy atom. The van der Waals surface area contributed by atoms with E-state index in [4.69, 9.17) is 4.42 Å². The molecule has 0 aliphatic carbocycles. The number of nitrogens with zero attached hydrogens (tertiary/aromatic N) is 4. The van der Waals surface area contributed by atoms with Gasteiger partial charge in [-0.2, -0.15) is 0 Å². The number of furan rings is 1. The van der Waals surface area contributed by atoms with Gasteiger partial charge in [0.1, 0.15) is 5.58 Å². The summed E-state index contributed by atoms with van der Waals surface area (Å²) in [6.07, 6.45) is 3.83. The first-order valence-corrected chi connectivity index (χ1v) is 12.2. The predicted octanol–water partition coefficient (Wildman–Crippen LogP) is 3.82. The molecule has 0 N–H and O–H groups in total. The van der Waals surface area contributed by atoms with E-state index >= 15 is 0 Å². The number of amides is 1. The van der Waals surface area contributed by atoms with Crippen molar-refractivity contribution in [3.8, 4) is 0 Å². The third-order valence-corrected chi connectivity index (χ3v) is 7.23. The van der Waals surface area contributed by atoms with Crippen molar-refractivity contribution < 1.29 is 9.21 Å². The van der Waals surface area contributed by atoms with Gasteiger partial charge in [0, 0.05) is 61.3 Å². The number of carbonyl (C=O) groups excluding carboxylic acids is 1. The van der Waals surface area contributed by atoms with Gasteiger partial charge in [-0.15, -0.1) is 11.3 Å². The van der Waals surface area contributed by atoms with E-state index in [0.29, 0.717) is 32.0 Å². The third kappa shape index (κ3) is 4.32. The molecule has 4 aromatic rings. The number of thiazole rings is 1. The maximum atomic E-state index is 13.0. The monoisotopic (exact) mass is 464 g/mol. The molecular weight excluding hydrogens is 436 g/mol. The van der Waals surface area contributed by atoms with E-state index in [0.717, 1.165) is 40.3 Å². The second-order valence-electron chi connectivity index (χ2n) is 9.10. The lowest BCUT2D eigenvalue weighted by atomic mass is 9.95. The molecule has 1 aliphatic heterocycles. The van der Waals surface area contributed by atoms with E-state index in [1.807, 2.05) is 10.3 Å². The topological polar surface area (TPSA) is 71.1 Å². The lowest BCUT2D eigenvalue weighted by Crippen LogP contribution is -2.48. The quantitative estimate of drug-likeness (QED) is 0.449. The zero-order chi connectivity index (χ0) is 23.1. The van der Waals surface area contributed by atoms with Crippen LogP contribution in [0.3, 0.4) is 0 Å². The minimum absolute atomic E-state index is 0.0479. The first-order valence-electron chi connectivity index (χ1n) is 11.4. The van der Waals surface area contributed by atoms with Crippen LogP contribution in [-0.4, -0.2) is 51.3 Å². The normalized spacial score (nSPS) is 15.2. The molecule has 3 aromatic heterocycles. The van der Waals surface area contributed by atoms with Crippen LogP contribution in [0.5, 0.6) is 0 Å². The van der Waals surface area contributed by atoms with Gasteiger partial charge in [-0.3, -0.25) is 18.9 Å². The van der Waals surface area contributed by atoms with Crippen LogP contribution < -0.4 is 5.56 Å². The fourth-order valence-corrected chi connectivity index (χ4v) is 5.37. The van der Waals surface area contributed by atoms with Gasteiger partial charge in [0.25, 0.3) is 5.56 Å². The molecule has 1 aliphatic rings. The van der Waals surface area contributed by atoms with Crippen LogP contribution in [0.1, 0.15) is 42.1 Å². The minimum Gasteiger partial charge on any atom is -0.464 e. The highest BCUT2D eigenvalue weighted by molar-refractivity contribution is 7.15. The average molecular weight is 465 g/mol. The van der Waals surface area contributed by atoms with E-state index < -0.39 is 0 Å². The van der Waals surface area contributed by atoms with Crippen LogP contribution in [0, 0.1) is 6.92 Å². The van der Waals surface area contributed by atoms with E-state index in [1.165, 1.54) is 22.5 Å². The number of piperazine rings is 1. The molecule has 8 heteroatoms. The highest BCUT2D eigenvalue weighted by Crippen LogP contribution is 2.29. The van der Waals surface area contributed by atoms with Crippen molar-refractivity contribution in [1.29, 1.82) is 0 Å². The third-order valence-electron chi connectivity index (χ3n) is 6.47.